The summed E-state index contributed by atoms with van der Waals surface area (Å²) in [6, 6.07) is 39.1. The van der Waals surface area contributed by atoms with Crippen molar-refractivity contribution in [2.45, 2.75) is 46.0 Å². The fourth-order valence-electron chi connectivity index (χ4n) is 5.90. The molecule has 1 aliphatic heterocycles. The number of para-hydroxylation sites is 1. The predicted octanol–water partition coefficient (Wildman–Crippen LogP) is 9.60. The second-order valence-electron chi connectivity index (χ2n) is 12.0. The fraction of sp³-hybridized carbons (Fsp3) is 0.200. The number of amides is 2. The Hall–Kier alpha value is -4.85. The van der Waals surface area contributed by atoms with Gasteiger partial charge in [0, 0.05) is 34.6 Å². The summed E-state index contributed by atoms with van der Waals surface area (Å²) in [6.45, 7) is 4.28. The van der Waals surface area contributed by atoms with Gasteiger partial charge in [-0.15, -0.1) is 0 Å². The summed E-state index contributed by atoms with van der Waals surface area (Å²) in [5.74, 6) is -0.381. The highest BCUT2D eigenvalue weighted by molar-refractivity contribution is 7.48. The van der Waals surface area contributed by atoms with Gasteiger partial charge in [0.2, 0.25) is 0 Å². The van der Waals surface area contributed by atoms with E-state index >= 15 is 0 Å². The Morgan fingerprint density at radius 3 is 2.00 bits per heavy atom. The van der Waals surface area contributed by atoms with Crippen LogP contribution in [0.1, 0.15) is 67.5 Å². The molecule has 0 radical (unpaired) electrons. The molecule has 1 aliphatic rings. The van der Waals surface area contributed by atoms with E-state index in [9.17, 15) is 14.2 Å². The SMILES string of the molecule is Cc1ccccc1C(=O)Nc1ccc(C(=O)N2CCCC(OP(=O)(OCc3ccccc3)OCc3ccccc3)c3ccccc32)c(C)c1. The Morgan fingerprint density at radius 2 is 1.35 bits per heavy atom. The molecule has 0 spiro atoms. The molecule has 8 nitrogen and oxygen atoms in total. The van der Waals surface area contributed by atoms with Crippen LogP contribution in [0, 0.1) is 13.8 Å². The molecule has 250 valence electrons. The van der Waals surface area contributed by atoms with Gasteiger partial charge in [-0.25, -0.2) is 4.57 Å². The molecule has 0 aliphatic carbocycles. The molecular weight excluding hydrogens is 635 g/mol. The van der Waals surface area contributed by atoms with E-state index in [0.29, 0.717) is 41.9 Å². The van der Waals surface area contributed by atoms with Crippen LogP contribution in [0.2, 0.25) is 0 Å². The fourth-order valence-corrected chi connectivity index (χ4v) is 7.24. The number of hydrogen-bond acceptors (Lipinski definition) is 6. The zero-order valence-corrected chi connectivity index (χ0v) is 28.5. The molecule has 0 aromatic heterocycles. The molecular formula is C40H39N2O6P. The van der Waals surface area contributed by atoms with Crippen LogP contribution in [0.25, 0.3) is 0 Å². The van der Waals surface area contributed by atoms with Gasteiger partial charge in [-0.1, -0.05) is 97.1 Å². The number of phosphoric acid groups is 1. The van der Waals surface area contributed by atoms with E-state index in [-0.39, 0.29) is 25.0 Å². The number of hydrogen-bond donors (Lipinski definition) is 1. The predicted molar refractivity (Wildman–Crippen MR) is 192 cm³/mol. The minimum absolute atomic E-state index is 0.0482. The Bertz CT molecular complexity index is 1920. The summed E-state index contributed by atoms with van der Waals surface area (Å²) >= 11 is 0. The summed E-state index contributed by atoms with van der Waals surface area (Å²) in [5, 5.41) is 2.95. The van der Waals surface area contributed by atoms with Gasteiger partial charge in [0.15, 0.2) is 0 Å². The first kappa shape index (κ1) is 34.0. The van der Waals surface area contributed by atoms with Crippen LogP contribution < -0.4 is 10.2 Å². The van der Waals surface area contributed by atoms with Gasteiger partial charge in [0.05, 0.1) is 19.3 Å². The maximum atomic E-state index is 14.3. The number of phosphoric ester groups is 1. The van der Waals surface area contributed by atoms with Crippen LogP contribution in [0.15, 0.2) is 127 Å². The number of carbonyl (C=O) groups is 2. The highest BCUT2D eigenvalue weighted by Crippen LogP contribution is 2.56. The van der Waals surface area contributed by atoms with E-state index in [2.05, 4.69) is 5.32 Å². The average Bonchev–Trinajstić information content (AvgIpc) is 3.30. The van der Waals surface area contributed by atoms with Gasteiger partial charge in [-0.3, -0.25) is 23.2 Å². The lowest BCUT2D eigenvalue weighted by Crippen LogP contribution is -2.32. The number of anilines is 2. The number of nitrogens with one attached hydrogen (secondary N) is 1. The topological polar surface area (TPSA) is 94.2 Å². The average molecular weight is 675 g/mol. The van der Waals surface area contributed by atoms with Gasteiger partial charge in [0.25, 0.3) is 11.8 Å². The van der Waals surface area contributed by atoms with Crippen molar-refractivity contribution in [3.63, 3.8) is 0 Å². The maximum Gasteiger partial charge on any atom is 0.476 e. The van der Waals surface area contributed by atoms with Crippen LogP contribution in [0.4, 0.5) is 11.4 Å². The van der Waals surface area contributed by atoms with Crippen molar-refractivity contribution in [1.29, 1.82) is 0 Å². The third-order valence-electron chi connectivity index (χ3n) is 8.49. The molecule has 0 saturated heterocycles. The minimum Gasteiger partial charge on any atom is -0.322 e. The molecule has 1 heterocycles. The molecule has 9 heteroatoms. The van der Waals surface area contributed by atoms with Crippen molar-refractivity contribution < 1.29 is 27.7 Å². The van der Waals surface area contributed by atoms with Crippen molar-refractivity contribution >= 4 is 31.0 Å². The van der Waals surface area contributed by atoms with Gasteiger partial charge in [0.1, 0.15) is 0 Å². The zero-order valence-electron chi connectivity index (χ0n) is 27.6. The van der Waals surface area contributed by atoms with E-state index in [1.807, 2.05) is 123 Å². The van der Waals surface area contributed by atoms with E-state index in [4.69, 9.17) is 13.6 Å². The first-order chi connectivity index (χ1) is 23.8. The lowest BCUT2D eigenvalue weighted by molar-refractivity contribution is 0.0664. The Morgan fingerprint density at radius 1 is 0.735 bits per heavy atom. The van der Waals surface area contributed by atoms with Crippen molar-refractivity contribution in [3.8, 4) is 0 Å². The van der Waals surface area contributed by atoms with Gasteiger partial charge < -0.3 is 10.2 Å². The Kier molecular flexibility index (Phi) is 10.8. The van der Waals surface area contributed by atoms with Gasteiger partial charge in [-0.2, -0.15) is 0 Å². The first-order valence-electron chi connectivity index (χ1n) is 16.3. The molecule has 1 atom stereocenters. The van der Waals surface area contributed by atoms with Crippen molar-refractivity contribution in [2.75, 3.05) is 16.8 Å². The van der Waals surface area contributed by atoms with Crippen molar-refractivity contribution in [2.24, 2.45) is 0 Å². The largest absolute Gasteiger partial charge is 0.476 e. The van der Waals surface area contributed by atoms with E-state index in [1.54, 1.807) is 23.1 Å². The van der Waals surface area contributed by atoms with Crippen molar-refractivity contribution in [3.05, 3.63) is 166 Å². The number of nitrogens with zero attached hydrogens (tertiary/aromatic N) is 1. The van der Waals surface area contributed by atoms with Gasteiger partial charge in [-0.05, 0) is 79.3 Å². The highest BCUT2D eigenvalue weighted by atomic mass is 31.2. The standard InChI is InChI=1S/C40H39N2O6P/c1-29-14-9-10-19-34(29)39(43)41-33-23-24-35(30(2)26-33)40(44)42-25-13-22-38(36-20-11-12-21-37(36)42)48-49(45,46-27-31-15-5-3-6-16-31)47-28-32-17-7-4-8-18-32/h3-12,14-21,23-24,26,38H,13,22,25,27-28H2,1-2H3,(H,41,43). The maximum absolute atomic E-state index is 14.3. The van der Waals surface area contributed by atoms with Gasteiger partial charge >= 0.3 is 7.82 Å². The van der Waals surface area contributed by atoms with E-state index in [0.717, 1.165) is 27.8 Å². The molecule has 1 unspecified atom stereocenters. The lowest BCUT2D eigenvalue weighted by Gasteiger charge is -2.26. The second kappa shape index (κ2) is 15.6. The van der Waals surface area contributed by atoms with E-state index in [1.165, 1.54) is 0 Å². The number of fused-ring (bicyclic) bond motifs is 1. The summed E-state index contributed by atoms with van der Waals surface area (Å²) in [7, 11) is -4.08. The second-order valence-corrected chi connectivity index (χ2v) is 13.6. The third kappa shape index (κ3) is 8.42. The number of aryl methyl sites for hydroxylation is 2. The number of benzene rings is 5. The summed E-state index contributed by atoms with van der Waals surface area (Å²) in [6.07, 6.45) is 0.440. The van der Waals surface area contributed by atoms with Crippen LogP contribution in [0.3, 0.4) is 0 Å². The molecule has 5 aromatic rings. The summed E-state index contributed by atoms with van der Waals surface area (Å²) in [4.78, 5) is 28.8. The molecule has 49 heavy (non-hydrogen) atoms. The van der Waals surface area contributed by atoms with Crippen LogP contribution in [0.5, 0.6) is 0 Å². The summed E-state index contributed by atoms with van der Waals surface area (Å²) in [5.41, 5.74) is 6.40. The molecule has 5 aromatic carbocycles. The Balaban J connectivity index is 1.22. The Labute approximate surface area is 287 Å². The first-order valence-corrected chi connectivity index (χ1v) is 17.8. The molecule has 6 rings (SSSR count). The molecule has 1 N–H and O–H groups in total. The highest BCUT2D eigenvalue weighted by Gasteiger charge is 2.36. The minimum atomic E-state index is -4.08. The smallest absolute Gasteiger partial charge is 0.322 e. The number of rotatable bonds is 11. The van der Waals surface area contributed by atoms with Crippen LogP contribution >= 0.6 is 7.82 Å². The molecule has 0 saturated carbocycles. The molecule has 0 fully saturated rings. The van der Waals surface area contributed by atoms with Crippen molar-refractivity contribution in [1.82, 2.24) is 0 Å². The number of carbonyl (C=O) groups excluding carboxylic acids is 2. The normalized spacial score (nSPS) is 14.5. The third-order valence-corrected chi connectivity index (χ3v) is 9.90. The molecule has 2 amide bonds. The monoisotopic (exact) mass is 674 g/mol. The molecule has 0 bridgehead atoms. The van der Waals surface area contributed by atoms with Crippen LogP contribution in [-0.2, 0) is 31.4 Å². The summed E-state index contributed by atoms with van der Waals surface area (Å²) < 4.78 is 32.4. The lowest BCUT2D eigenvalue weighted by atomic mass is 10.0. The van der Waals surface area contributed by atoms with Crippen LogP contribution in [-0.4, -0.2) is 18.4 Å². The van der Waals surface area contributed by atoms with E-state index < -0.39 is 13.9 Å². The zero-order chi connectivity index (χ0) is 34.2. The quantitative estimate of drug-likeness (QED) is 0.140.